The highest BCUT2D eigenvalue weighted by molar-refractivity contribution is 7.91. The van der Waals surface area contributed by atoms with E-state index < -0.39 is 10.0 Å². The normalized spacial score (nSPS) is 30.1. The maximum absolute atomic E-state index is 12.3. The average Bonchev–Trinajstić information content (AvgIpc) is 3.03. The summed E-state index contributed by atoms with van der Waals surface area (Å²) in [5.74, 6) is 0. The molecule has 0 aromatic carbocycles. The van der Waals surface area contributed by atoms with Crippen LogP contribution in [-0.2, 0) is 21.2 Å². The van der Waals surface area contributed by atoms with Gasteiger partial charge in [0, 0.05) is 4.88 Å². The minimum absolute atomic E-state index is 0.0586. The molecule has 0 aliphatic carbocycles. The summed E-state index contributed by atoms with van der Waals surface area (Å²) in [6.45, 7) is 0.535. The van der Waals surface area contributed by atoms with Gasteiger partial charge < -0.3 is 10.5 Å². The van der Waals surface area contributed by atoms with E-state index in [9.17, 15) is 8.42 Å². The van der Waals surface area contributed by atoms with E-state index in [2.05, 4.69) is 4.72 Å². The lowest BCUT2D eigenvalue weighted by Crippen LogP contribution is -2.41. The number of hydrogen-bond donors (Lipinski definition) is 2. The van der Waals surface area contributed by atoms with Crippen molar-refractivity contribution in [3.63, 3.8) is 0 Å². The predicted molar refractivity (Wildman–Crippen MR) is 73.7 cm³/mol. The lowest BCUT2D eigenvalue weighted by Gasteiger charge is -2.19. The molecule has 1 aromatic heterocycles. The van der Waals surface area contributed by atoms with Crippen LogP contribution in [0.4, 0.5) is 0 Å². The second-order valence-electron chi connectivity index (χ2n) is 5.10. The van der Waals surface area contributed by atoms with Gasteiger partial charge in [0.15, 0.2) is 0 Å². The van der Waals surface area contributed by atoms with Crippen molar-refractivity contribution in [2.75, 3.05) is 6.54 Å². The highest BCUT2D eigenvalue weighted by Gasteiger charge is 2.42. The van der Waals surface area contributed by atoms with Crippen LogP contribution >= 0.6 is 11.3 Å². The zero-order chi connectivity index (χ0) is 13.5. The summed E-state index contributed by atoms with van der Waals surface area (Å²) < 4.78 is 33.4. The van der Waals surface area contributed by atoms with Gasteiger partial charge in [-0.3, -0.25) is 0 Å². The Bertz CT molecular complexity index is 555. The number of sulfonamides is 1. The van der Waals surface area contributed by atoms with Crippen LogP contribution in [0.5, 0.6) is 0 Å². The van der Waals surface area contributed by atoms with Crippen LogP contribution in [0.3, 0.4) is 0 Å². The molecule has 2 aliphatic heterocycles. The van der Waals surface area contributed by atoms with E-state index in [-0.39, 0.29) is 18.2 Å². The van der Waals surface area contributed by atoms with E-state index >= 15 is 0 Å². The van der Waals surface area contributed by atoms with Crippen molar-refractivity contribution < 1.29 is 13.2 Å². The first-order chi connectivity index (χ1) is 9.08. The first-order valence-electron chi connectivity index (χ1n) is 6.55. The molecule has 3 heterocycles. The monoisotopic (exact) mass is 302 g/mol. The minimum Gasteiger partial charge on any atom is -0.373 e. The Morgan fingerprint density at radius 3 is 2.89 bits per heavy atom. The average molecular weight is 302 g/mol. The van der Waals surface area contributed by atoms with Gasteiger partial charge in [-0.1, -0.05) is 0 Å². The predicted octanol–water partition coefficient (Wildman–Crippen LogP) is 0.847. The first-order valence-corrected chi connectivity index (χ1v) is 8.85. The van der Waals surface area contributed by atoms with Crippen LogP contribution in [-0.4, -0.2) is 33.2 Å². The van der Waals surface area contributed by atoms with Gasteiger partial charge in [-0.05, 0) is 44.4 Å². The topological polar surface area (TPSA) is 81.4 Å². The first kappa shape index (κ1) is 13.5. The fourth-order valence-corrected chi connectivity index (χ4v) is 5.46. The van der Waals surface area contributed by atoms with Gasteiger partial charge in [0.25, 0.3) is 0 Å². The second-order valence-corrected chi connectivity index (χ2v) is 8.21. The third kappa shape index (κ3) is 2.71. The Hall–Kier alpha value is -0.470. The van der Waals surface area contributed by atoms with E-state index in [1.165, 1.54) is 11.3 Å². The molecule has 7 heteroatoms. The molecule has 2 fully saturated rings. The lowest BCUT2D eigenvalue weighted by atomic mass is 9.96. The number of hydrogen-bond acceptors (Lipinski definition) is 5. The van der Waals surface area contributed by atoms with E-state index in [0.29, 0.717) is 10.8 Å². The van der Waals surface area contributed by atoms with Gasteiger partial charge in [0.2, 0.25) is 10.0 Å². The van der Waals surface area contributed by atoms with Crippen LogP contribution in [0.2, 0.25) is 0 Å². The maximum atomic E-state index is 12.3. The molecule has 0 radical (unpaired) electrons. The smallest absolute Gasteiger partial charge is 0.250 e. The van der Waals surface area contributed by atoms with Gasteiger partial charge >= 0.3 is 0 Å². The van der Waals surface area contributed by atoms with Crippen molar-refractivity contribution in [3.8, 4) is 0 Å². The van der Waals surface area contributed by atoms with Crippen molar-refractivity contribution in [1.29, 1.82) is 0 Å². The summed E-state index contributed by atoms with van der Waals surface area (Å²) in [5, 5.41) is 0. The number of thiophene rings is 1. The summed E-state index contributed by atoms with van der Waals surface area (Å²) in [6, 6.07) is 3.43. The molecular formula is C12H18N2O3S2. The zero-order valence-electron chi connectivity index (χ0n) is 10.5. The van der Waals surface area contributed by atoms with Crippen molar-refractivity contribution in [2.24, 2.45) is 5.73 Å². The molecule has 3 rings (SSSR count). The fourth-order valence-electron chi connectivity index (χ4n) is 2.80. The molecule has 2 bridgehead atoms. The Balaban J connectivity index is 1.71. The standard InChI is InChI=1S/C12H18N2O3S2/c13-6-5-9-2-4-12(18-9)19(15,16)14-10-7-8-1-3-11(10)17-8/h2,4,8,10-11,14H,1,3,5-7,13H2. The maximum Gasteiger partial charge on any atom is 0.250 e. The Kier molecular flexibility index (Phi) is 3.65. The van der Waals surface area contributed by atoms with Gasteiger partial charge in [-0.25, -0.2) is 13.1 Å². The molecule has 19 heavy (non-hydrogen) atoms. The molecule has 1 aromatic rings. The van der Waals surface area contributed by atoms with Crippen molar-refractivity contribution >= 4 is 21.4 Å². The second kappa shape index (κ2) is 5.14. The number of fused-ring (bicyclic) bond motifs is 2. The van der Waals surface area contributed by atoms with E-state index in [0.717, 1.165) is 30.6 Å². The highest BCUT2D eigenvalue weighted by Crippen LogP contribution is 2.35. The highest BCUT2D eigenvalue weighted by atomic mass is 32.2. The van der Waals surface area contributed by atoms with Crippen LogP contribution < -0.4 is 10.5 Å². The number of nitrogens with two attached hydrogens (primary N) is 1. The minimum atomic E-state index is -3.42. The van der Waals surface area contributed by atoms with Gasteiger partial charge in [-0.2, -0.15) is 0 Å². The number of ether oxygens (including phenoxy) is 1. The summed E-state index contributed by atoms with van der Waals surface area (Å²) in [7, 11) is -3.42. The summed E-state index contributed by atoms with van der Waals surface area (Å²) in [6.07, 6.45) is 3.84. The van der Waals surface area contributed by atoms with Gasteiger partial charge in [0.1, 0.15) is 4.21 Å². The Labute approximate surface area is 117 Å². The molecule has 2 aliphatic rings. The van der Waals surface area contributed by atoms with E-state index in [4.69, 9.17) is 10.5 Å². The molecule has 106 valence electrons. The number of rotatable bonds is 5. The zero-order valence-corrected chi connectivity index (χ0v) is 12.2. The van der Waals surface area contributed by atoms with E-state index in [1.54, 1.807) is 6.07 Å². The molecule has 0 amide bonds. The van der Waals surface area contributed by atoms with Crippen molar-refractivity contribution in [1.82, 2.24) is 4.72 Å². The van der Waals surface area contributed by atoms with E-state index in [1.807, 2.05) is 6.07 Å². The molecule has 0 spiro atoms. The van der Waals surface area contributed by atoms with Crippen molar-refractivity contribution in [2.45, 2.75) is 48.1 Å². The molecule has 0 saturated carbocycles. The molecule has 3 N–H and O–H groups in total. The quantitative estimate of drug-likeness (QED) is 0.845. The summed E-state index contributed by atoms with van der Waals surface area (Å²) in [5.41, 5.74) is 5.48. The Morgan fingerprint density at radius 1 is 1.42 bits per heavy atom. The summed E-state index contributed by atoms with van der Waals surface area (Å²) in [4.78, 5) is 1.01. The van der Waals surface area contributed by atoms with Crippen LogP contribution in [0.1, 0.15) is 24.1 Å². The third-order valence-electron chi connectivity index (χ3n) is 3.71. The molecule has 5 nitrogen and oxygen atoms in total. The Morgan fingerprint density at radius 2 is 2.26 bits per heavy atom. The number of nitrogens with one attached hydrogen (secondary N) is 1. The molecule has 3 unspecified atom stereocenters. The SMILES string of the molecule is NCCc1ccc(S(=O)(=O)NC2CC3CCC2O3)s1. The molecule has 2 saturated heterocycles. The fraction of sp³-hybridized carbons (Fsp3) is 0.667. The molecule has 3 atom stereocenters. The van der Waals surface area contributed by atoms with Crippen LogP contribution in [0, 0.1) is 0 Å². The van der Waals surface area contributed by atoms with Gasteiger partial charge in [-0.15, -0.1) is 11.3 Å². The van der Waals surface area contributed by atoms with Crippen LogP contribution in [0.25, 0.3) is 0 Å². The summed E-state index contributed by atoms with van der Waals surface area (Å²) >= 11 is 1.30. The van der Waals surface area contributed by atoms with Crippen molar-refractivity contribution in [3.05, 3.63) is 17.0 Å². The van der Waals surface area contributed by atoms with Gasteiger partial charge in [0.05, 0.1) is 18.2 Å². The third-order valence-corrected chi connectivity index (χ3v) is 6.83. The lowest BCUT2D eigenvalue weighted by molar-refractivity contribution is 0.0996. The van der Waals surface area contributed by atoms with Crippen LogP contribution in [0.15, 0.2) is 16.3 Å². The largest absolute Gasteiger partial charge is 0.373 e. The molecular weight excluding hydrogens is 284 g/mol.